The van der Waals surface area contributed by atoms with Crippen LogP contribution in [-0.2, 0) is 4.79 Å². The molecule has 0 aromatic heterocycles. The van der Waals surface area contributed by atoms with Crippen molar-refractivity contribution in [2.45, 2.75) is 0 Å². The van der Waals surface area contributed by atoms with Gasteiger partial charge in [-0.2, -0.15) is 0 Å². The molecule has 0 atom stereocenters. The molecule has 4 nitrogen and oxygen atoms in total. The topological polar surface area (TPSA) is 66.4 Å². The van der Waals surface area contributed by atoms with E-state index >= 15 is 0 Å². The highest BCUT2D eigenvalue weighted by atomic mass is 79.9. The maximum absolute atomic E-state index is 12.1. The van der Waals surface area contributed by atoms with Gasteiger partial charge in [-0.1, -0.05) is 27.5 Å². The van der Waals surface area contributed by atoms with E-state index in [0.29, 0.717) is 16.3 Å². The van der Waals surface area contributed by atoms with E-state index in [1.54, 1.807) is 48.5 Å². The molecule has 6 heteroatoms. The number of carboxylic acids is 1. The monoisotopic (exact) mass is 379 g/mol. The number of nitrogens with one attached hydrogen (secondary N) is 1. The first-order chi connectivity index (χ1) is 10.5. The molecule has 2 aromatic rings. The first kappa shape index (κ1) is 16.3. The molecule has 0 amide bonds. The minimum atomic E-state index is -1.22. The van der Waals surface area contributed by atoms with Crippen LogP contribution in [0.15, 0.2) is 64.8 Å². The van der Waals surface area contributed by atoms with Gasteiger partial charge < -0.3 is 10.4 Å². The highest BCUT2D eigenvalue weighted by Crippen LogP contribution is 2.16. The maximum Gasteiger partial charge on any atom is 0.352 e. The first-order valence-electron chi connectivity index (χ1n) is 6.23. The number of aliphatic carboxylic acids is 1. The van der Waals surface area contributed by atoms with Gasteiger partial charge in [0.25, 0.3) is 0 Å². The fourth-order valence-corrected chi connectivity index (χ4v) is 2.06. The van der Waals surface area contributed by atoms with E-state index in [9.17, 15) is 14.7 Å². The van der Waals surface area contributed by atoms with Crippen molar-refractivity contribution < 1.29 is 14.7 Å². The van der Waals surface area contributed by atoms with Crippen LogP contribution >= 0.6 is 27.5 Å². The molecule has 0 fully saturated rings. The zero-order chi connectivity index (χ0) is 16.1. The normalized spacial score (nSPS) is 11.1. The van der Waals surface area contributed by atoms with Crippen LogP contribution in [0, 0.1) is 0 Å². The Kier molecular flexibility index (Phi) is 5.35. The Hall–Kier alpha value is -2.11. The van der Waals surface area contributed by atoms with Crippen molar-refractivity contribution in [2.75, 3.05) is 5.32 Å². The van der Waals surface area contributed by atoms with Crippen LogP contribution in [0.2, 0.25) is 5.02 Å². The lowest BCUT2D eigenvalue weighted by Crippen LogP contribution is -2.12. The third-order valence-electron chi connectivity index (χ3n) is 2.76. The van der Waals surface area contributed by atoms with Gasteiger partial charge in [0.05, 0.1) is 0 Å². The van der Waals surface area contributed by atoms with Crippen LogP contribution < -0.4 is 5.32 Å². The lowest BCUT2D eigenvalue weighted by atomic mass is 10.1. The van der Waals surface area contributed by atoms with Crippen molar-refractivity contribution in [2.24, 2.45) is 0 Å². The summed E-state index contributed by atoms with van der Waals surface area (Å²) in [5.41, 5.74) is 0.719. The van der Waals surface area contributed by atoms with Gasteiger partial charge in [-0.25, -0.2) is 4.79 Å². The van der Waals surface area contributed by atoms with E-state index in [4.69, 9.17) is 11.6 Å². The van der Waals surface area contributed by atoms with Crippen LogP contribution in [-0.4, -0.2) is 16.9 Å². The van der Waals surface area contributed by atoms with Gasteiger partial charge in [-0.3, -0.25) is 4.79 Å². The standard InChI is InChI=1S/C16H11BrClNO3/c17-11-3-1-10(2-4-11)15(20)9-14(16(21)22)19-13-7-5-12(18)6-8-13/h1-9,19H,(H,21,22). The Balaban J connectivity index is 2.23. The molecule has 0 aliphatic carbocycles. The number of carbonyl (C=O) groups excluding carboxylic acids is 1. The quantitative estimate of drug-likeness (QED) is 0.597. The fraction of sp³-hybridized carbons (Fsp3) is 0. The highest BCUT2D eigenvalue weighted by molar-refractivity contribution is 9.10. The lowest BCUT2D eigenvalue weighted by molar-refractivity contribution is -0.132. The minimum absolute atomic E-state index is 0.213. The zero-order valence-electron chi connectivity index (χ0n) is 11.2. The molecule has 2 rings (SSSR count). The number of carbonyl (C=O) groups is 2. The van der Waals surface area contributed by atoms with Crippen molar-refractivity contribution in [3.8, 4) is 0 Å². The van der Waals surface area contributed by atoms with Gasteiger partial charge >= 0.3 is 5.97 Å². The van der Waals surface area contributed by atoms with E-state index in [0.717, 1.165) is 10.5 Å². The second-order valence-electron chi connectivity index (χ2n) is 4.37. The zero-order valence-corrected chi connectivity index (χ0v) is 13.6. The molecule has 0 heterocycles. The number of ketones is 1. The highest BCUT2D eigenvalue weighted by Gasteiger charge is 2.11. The van der Waals surface area contributed by atoms with E-state index in [1.165, 1.54) is 0 Å². The molecule has 0 saturated heterocycles. The lowest BCUT2D eigenvalue weighted by Gasteiger charge is -2.07. The average Bonchev–Trinajstić information content (AvgIpc) is 2.49. The molecule has 0 spiro atoms. The Bertz CT molecular complexity index is 724. The molecule has 0 unspecified atom stereocenters. The van der Waals surface area contributed by atoms with E-state index in [1.807, 2.05) is 0 Å². The Morgan fingerprint density at radius 2 is 1.64 bits per heavy atom. The summed E-state index contributed by atoms with van der Waals surface area (Å²) < 4.78 is 0.839. The van der Waals surface area contributed by atoms with Crippen molar-refractivity contribution in [1.29, 1.82) is 0 Å². The molecule has 0 bridgehead atoms. The molecule has 0 saturated carbocycles. The summed E-state index contributed by atoms with van der Waals surface area (Å²) in [4.78, 5) is 23.4. The van der Waals surface area contributed by atoms with Crippen LogP contribution in [0.25, 0.3) is 0 Å². The second kappa shape index (κ2) is 7.24. The SMILES string of the molecule is O=C(O)C(=CC(=O)c1ccc(Br)cc1)Nc1ccc(Cl)cc1. The van der Waals surface area contributed by atoms with Gasteiger partial charge in [0, 0.05) is 26.8 Å². The van der Waals surface area contributed by atoms with Crippen molar-refractivity contribution in [1.82, 2.24) is 0 Å². The van der Waals surface area contributed by atoms with Crippen molar-refractivity contribution in [3.05, 3.63) is 75.4 Å². The number of benzene rings is 2. The number of allylic oxidation sites excluding steroid dienone is 1. The predicted molar refractivity (Wildman–Crippen MR) is 89.3 cm³/mol. The number of hydrogen-bond acceptors (Lipinski definition) is 3. The Labute approximate surface area is 140 Å². The predicted octanol–water partition coefficient (Wildman–Crippen LogP) is 4.37. The second-order valence-corrected chi connectivity index (χ2v) is 5.72. The molecule has 22 heavy (non-hydrogen) atoms. The number of halogens is 2. The molecule has 0 aliphatic rings. The minimum Gasteiger partial charge on any atom is -0.477 e. The van der Waals surface area contributed by atoms with Crippen LogP contribution in [0.3, 0.4) is 0 Å². The summed E-state index contributed by atoms with van der Waals surface area (Å²) in [6.07, 6.45) is 1.06. The smallest absolute Gasteiger partial charge is 0.352 e. The van der Waals surface area contributed by atoms with Crippen LogP contribution in [0.5, 0.6) is 0 Å². The average molecular weight is 381 g/mol. The molecule has 2 aromatic carbocycles. The maximum atomic E-state index is 12.1. The summed E-state index contributed by atoms with van der Waals surface area (Å²) in [6, 6.07) is 13.2. The summed E-state index contributed by atoms with van der Waals surface area (Å²) in [6.45, 7) is 0. The summed E-state index contributed by atoms with van der Waals surface area (Å²) in [7, 11) is 0. The van der Waals surface area contributed by atoms with Gasteiger partial charge in [-0.15, -0.1) is 0 Å². The molecule has 2 N–H and O–H groups in total. The van der Waals surface area contributed by atoms with Gasteiger partial charge in [0.1, 0.15) is 5.70 Å². The van der Waals surface area contributed by atoms with Crippen LogP contribution in [0.1, 0.15) is 10.4 Å². The van der Waals surface area contributed by atoms with Gasteiger partial charge in [-0.05, 0) is 48.5 Å². The Morgan fingerprint density at radius 3 is 2.18 bits per heavy atom. The fourth-order valence-electron chi connectivity index (χ4n) is 1.67. The third-order valence-corrected chi connectivity index (χ3v) is 3.54. The van der Waals surface area contributed by atoms with E-state index < -0.39 is 11.8 Å². The molecular formula is C16H11BrClNO3. The van der Waals surface area contributed by atoms with E-state index in [-0.39, 0.29) is 5.70 Å². The number of carboxylic acid groups (broad SMARTS) is 1. The molecular weight excluding hydrogens is 370 g/mol. The Morgan fingerprint density at radius 1 is 1.05 bits per heavy atom. The van der Waals surface area contributed by atoms with Gasteiger partial charge in [0.2, 0.25) is 0 Å². The van der Waals surface area contributed by atoms with Gasteiger partial charge in [0.15, 0.2) is 5.78 Å². The number of hydrogen-bond donors (Lipinski definition) is 2. The molecule has 0 aliphatic heterocycles. The first-order valence-corrected chi connectivity index (χ1v) is 7.40. The summed E-state index contributed by atoms with van der Waals surface area (Å²) in [5, 5.41) is 12.4. The number of rotatable bonds is 5. The number of anilines is 1. The van der Waals surface area contributed by atoms with Crippen LogP contribution in [0.4, 0.5) is 5.69 Å². The summed E-state index contributed by atoms with van der Waals surface area (Å²) in [5.74, 6) is -1.62. The van der Waals surface area contributed by atoms with Crippen molar-refractivity contribution >= 4 is 45.0 Å². The van der Waals surface area contributed by atoms with E-state index in [2.05, 4.69) is 21.2 Å². The summed E-state index contributed by atoms with van der Waals surface area (Å²) >= 11 is 9.05. The molecule has 112 valence electrons. The molecule has 0 radical (unpaired) electrons. The third kappa shape index (κ3) is 4.44. The van der Waals surface area contributed by atoms with Crippen molar-refractivity contribution in [3.63, 3.8) is 0 Å². The largest absolute Gasteiger partial charge is 0.477 e.